The molecule has 0 aliphatic carbocycles. The lowest BCUT2D eigenvalue weighted by Gasteiger charge is -2.32. The van der Waals surface area contributed by atoms with Gasteiger partial charge in [0, 0.05) is 24.1 Å². The van der Waals surface area contributed by atoms with Gasteiger partial charge in [-0.05, 0) is 58.3 Å². The van der Waals surface area contributed by atoms with Gasteiger partial charge in [0.05, 0.1) is 13.2 Å². The number of carboxylic acids is 1. The molecular formula is C19H26F4N2O4. The Balaban J connectivity index is 0.000000516. The van der Waals surface area contributed by atoms with Crippen LogP contribution < -0.4 is 0 Å². The Hall–Kier alpha value is -2.20. The molecule has 10 heteroatoms. The van der Waals surface area contributed by atoms with E-state index in [1.165, 1.54) is 12.1 Å². The van der Waals surface area contributed by atoms with E-state index in [1.54, 1.807) is 12.1 Å². The molecule has 164 valence electrons. The lowest BCUT2D eigenvalue weighted by Crippen LogP contribution is -2.43. The van der Waals surface area contributed by atoms with Crippen molar-refractivity contribution in [3.63, 3.8) is 0 Å². The number of carbonyl (C=O) groups is 2. The number of amides is 1. The van der Waals surface area contributed by atoms with Gasteiger partial charge in [0.2, 0.25) is 0 Å². The highest BCUT2D eigenvalue weighted by Gasteiger charge is 2.38. The Morgan fingerprint density at radius 1 is 1.24 bits per heavy atom. The molecule has 0 unspecified atom stereocenters. The zero-order chi connectivity index (χ0) is 22.2. The molecule has 1 aromatic rings. The number of carboxylic acid groups (broad SMARTS) is 1. The molecular weight excluding hydrogens is 396 g/mol. The number of rotatable bonds is 4. The van der Waals surface area contributed by atoms with E-state index in [-0.39, 0.29) is 17.8 Å². The summed E-state index contributed by atoms with van der Waals surface area (Å²) in [6.45, 7) is 4.86. The van der Waals surface area contributed by atoms with Gasteiger partial charge in [0.15, 0.2) is 0 Å². The maximum Gasteiger partial charge on any atom is 0.490 e. The van der Waals surface area contributed by atoms with Crippen LogP contribution in [-0.2, 0) is 9.53 Å². The SMILES string of the molecule is C[C@H]1[C@H](CCN(C)C)COCCN1C(=O)c1ccc(F)cc1.O=C(O)C(F)(F)F. The third-order valence-corrected chi connectivity index (χ3v) is 4.52. The molecule has 1 saturated heterocycles. The number of hydrogen-bond acceptors (Lipinski definition) is 4. The van der Waals surface area contributed by atoms with Crippen LogP contribution in [0.15, 0.2) is 24.3 Å². The van der Waals surface area contributed by atoms with Gasteiger partial charge in [-0.25, -0.2) is 9.18 Å². The summed E-state index contributed by atoms with van der Waals surface area (Å²) in [6, 6.07) is 5.86. The summed E-state index contributed by atoms with van der Waals surface area (Å²) in [5.74, 6) is -2.82. The maximum absolute atomic E-state index is 13.0. The molecule has 0 bridgehead atoms. The van der Waals surface area contributed by atoms with Crippen molar-refractivity contribution in [1.29, 1.82) is 0 Å². The predicted octanol–water partition coefficient (Wildman–Crippen LogP) is 2.89. The molecule has 1 amide bonds. The highest BCUT2D eigenvalue weighted by molar-refractivity contribution is 5.94. The van der Waals surface area contributed by atoms with E-state index in [9.17, 15) is 22.4 Å². The molecule has 2 rings (SSSR count). The first-order chi connectivity index (χ1) is 13.4. The summed E-state index contributed by atoms with van der Waals surface area (Å²) < 4.78 is 50.4. The molecule has 1 fully saturated rings. The summed E-state index contributed by atoms with van der Waals surface area (Å²) in [4.78, 5) is 25.6. The van der Waals surface area contributed by atoms with Gasteiger partial charge in [-0.2, -0.15) is 13.2 Å². The van der Waals surface area contributed by atoms with Crippen LogP contribution in [0.2, 0.25) is 0 Å². The lowest BCUT2D eigenvalue weighted by molar-refractivity contribution is -0.192. The molecule has 2 atom stereocenters. The smallest absolute Gasteiger partial charge is 0.475 e. The fourth-order valence-electron chi connectivity index (χ4n) is 2.79. The number of halogens is 4. The van der Waals surface area contributed by atoms with Crippen molar-refractivity contribution < 1.29 is 37.0 Å². The van der Waals surface area contributed by atoms with Crippen molar-refractivity contribution in [2.24, 2.45) is 5.92 Å². The normalized spacial score (nSPS) is 19.9. The van der Waals surface area contributed by atoms with Crippen LogP contribution in [0, 0.1) is 11.7 Å². The Labute approximate surface area is 167 Å². The van der Waals surface area contributed by atoms with Gasteiger partial charge in [-0.15, -0.1) is 0 Å². The molecule has 1 aromatic carbocycles. The van der Waals surface area contributed by atoms with Gasteiger partial charge < -0.3 is 19.6 Å². The molecule has 0 spiro atoms. The quantitative estimate of drug-likeness (QED) is 0.756. The third kappa shape index (κ3) is 8.36. The largest absolute Gasteiger partial charge is 0.490 e. The van der Waals surface area contributed by atoms with Crippen molar-refractivity contribution in [2.75, 3.05) is 40.4 Å². The average Bonchev–Trinajstić information content (AvgIpc) is 2.81. The van der Waals surface area contributed by atoms with Gasteiger partial charge >= 0.3 is 12.1 Å². The molecule has 0 aromatic heterocycles. The fraction of sp³-hybridized carbons (Fsp3) is 0.579. The lowest BCUT2D eigenvalue weighted by atomic mass is 9.96. The summed E-state index contributed by atoms with van der Waals surface area (Å²) in [5, 5.41) is 7.12. The summed E-state index contributed by atoms with van der Waals surface area (Å²) in [5.41, 5.74) is 0.529. The second-order valence-electron chi connectivity index (χ2n) is 6.98. The predicted molar refractivity (Wildman–Crippen MR) is 98.1 cm³/mol. The molecule has 1 aliphatic rings. The van der Waals surface area contributed by atoms with E-state index >= 15 is 0 Å². The van der Waals surface area contributed by atoms with E-state index in [4.69, 9.17) is 14.6 Å². The van der Waals surface area contributed by atoms with Crippen LogP contribution in [0.25, 0.3) is 0 Å². The van der Waals surface area contributed by atoms with Crippen LogP contribution in [0.1, 0.15) is 23.7 Å². The highest BCUT2D eigenvalue weighted by atomic mass is 19.4. The van der Waals surface area contributed by atoms with Crippen LogP contribution >= 0.6 is 0 Å². The van der Waals surface area contributed by atoms with Gasteiger partial charge in [0.25, 0.3) is 5.91 Å². The molecule has 0 saturated carbocycles. The fourth-order valence-corrected chi connectivity index (χ4v) is 2.79. The van der Waals surface area contributed by atoms with E-state index in [0.29, 0.717) is 31.2 Å². The first-order valence-corrected chi connectivity index (χ1v) is 9.02. The van der Waals surface area contributed by atoms with Crippen molar-refractivity contribution in [1.82, 2.24) is 9.80 Å². The van der Waals surface area contributed by atoms with Crippen LogP contribution in [-0.4, -0.2) is 79.4 Å². The van der Waals surface area contributed by atoms with E-state index < -0.39 is 12.1 Å². The number of benzene rings is 1. The van der Waals surface area contributed by atoms with Crippen molar-refractivity contribution >= 4 is 11.9 Å². The van der Waals surface area contributed by atoms with Crippen molar-refractivity contribution in [2.45, 2.75) is 25.6 Å². The van der Waals surface area contributed by atoms with Gasteiger partial charge in [-0.1, -0.05) is 0 Å². The monoisotopic (exact) mass is 422 g/mol. The third-order valence-electron chi connectivity index (χ3n) is 4.52. The van der Waals surface area contributed by atoms with Gasteiger partial charge in [0.1, 0.15) is 5.82 Å². The maximum atomic E-state index is 13.0. The Kier molecular flexibility index (Phi) is 9.51. The number of ether oxygens (including phenoxy) is 1. The zero-order valence-electron chi connectivity index (χ0n) is 16.6. The first-order valence-electron chi connectivity index (χ1n) is 9.02. The molecule has 1 N–H and O–H groups in total. The standard InChI is InChI=1S/C17H25FN2O2.C2HF3O2/c1-13-15(8-9-19(2)3)12-22-11-10-20(13)17(21)14-4-6-16(18)7-5-14;3-2(4,5)1(6)7/h4-7,13,15H,8-12H2,1-3H3;(H,6,7)/t13-,15+;/m0./s1. The number of aliphatic carboxylic acids is 1. The van der Waals surface area contributed by atoms with Crippen molar-refractivity contribution in [3.05, 3.63) is 35.6 Å². The number of carbonyl (C=O) groups excluding carboxylic acids is 1. The Bertz CT molecular complexity index is 665. The minimum Gasteiger partial charge on any atom is -0.475 e. The first kappa shape index (κ1) is 24.8. The second kappa shape index (κ2) is 11.1. The van der Waals surface area contributed by atoms with Crippen LogP contribution in [0.3, 0.4) is 0 Å². The number of alkyl halides is 3. The summed E-state index contributed by atoms with van der Waals surface area (Å²) in [6.07, 6.45) is -4.10. The molecule has 0 radical (unpaired) electrons. The minimum atomic E-state index is -5.08. The summed E-state index contributed by atoms with van der Waals surface area (Å²) in [7, 11) is 4.09. The molecule has 1 aliphatic heterocycles. The number of hydrogen-bond donors (Lipinski definition) is 1. The van der Waals surface area contributed by atoms with E-state index in [1.807, 2.05) is 19.0 Å². The topological polar surface area (TPSA) is 70.1 Å². The molecule has 1 heterocycles. The second-order valence-corrected chi connectivity index (χ2v) is 6.98. The van der Waals surface area contributed by atoms with Crippen LogP contribution in [0.4, 0.5) is 17.6 Å². The van der Waals surface area contributed by atoms with E-state index in [2.05, 4.69) is 11.8 Å². The molecule has 6 nitrogen and oxygen atoms in total. The zero-order valence-corrected chi connectivity index (χ0v) is 16.6. The van der Waals surface area contributed by atoms with Crippen LogP contribution in [0.5, 0.6) is 0 Å². The van der Waals surface area contributed by atoms with Gasteiger partial charge in [-0.3, -0.25) is 4.79 Å². The summed E-state index contributed by atoms with van der Waals surface area (Å²) >= 11 is 0. The highest BCUT2D eigenvalue weighted by Crippen LogP contribution is 2.21. The van der Waals surface area contributed by atoms with E-state index in [0.717, 1.165) is 13.0 Å². The average molecular weight is 422 g/mol. The van der Waals surface area contributed by atoms with Crippen molar-refractivity contribution in [3.8, 4) is 0 Å². The molecule has 29 heavy (non-hydrogen) atoms. The minimum absolute atomic E-state index is 0.0483. The Morgan fingerprint density at radius 2 is 1.79 bits per heavy atom. The number of nitrogens with zero attached hydrogens (tertiary/aromatic N) is 2. The Morgan fingerprint density at radius 3 is 2.28 bits per heavy atom.